The van der Waals surface area contributed by atoms with Crippen molar-refractivity contribution in [3.05, 3.63) is 90.5 Å². The monoisotopic (exact) mass is 494 g/mol. The number of fused-ring (bicyclic) bond motifs is 4. The number of nitrogens with zero attached hydrogens (tertiary/aromatic N) is 2. The van der Waals surface area contributed by atoms with Crippen LogP contribution in [0.15, 0.2) is 84.9 Å². The zero-order valence-corrected chi connectivity index (χ0v) is 20.3. The Morgan fingerprint density at radius 3 is 2.24 bits per heavy atom. The second-order valence-corrected chi connectivity index (χ2v) is 9.64. The summed E-state index contributed by atoms with van der Waals surface area (Å²) >= 11 is 0. The fourth-order valence-corrected chi connectivity index (χ4v) is 6.15. The highest BCUT2D eigenvalue weighted by Gasteiger charge is 2.71. The number of imide groups is 1. The molecule has 8 nitrogen and oxygen atoms in total. The molecular formula is C29H26N4O4. The zero-order valence-electron chi connectivity index (χ0n) is 20.3. The van der Waals surface area contributed by atoms with Gasteiger partial charge in [0, 0.05) is 23.0 Å². The summed E-state index contributed by atoms with van der Waals surface area (Å²) in [4.78, 5) is 57.5. The van der Waals surface area contributed by atoms with Gasteiger partial charge in [-0.2, -0.15) is 0 Å². The second-order valence-electron chi connectivity index (χ2n) is 9.64. The molecule has 2 fully saturated rings. The first-order valence-electron chi connectivity index (χ1n) is 12.4. The SMILES string of the molecule is CC[C@@H]1N[C@]2(C(=O)N(CC(=O)Nc3ccccc3)c3ccccc32)[C@H]2C(=O)N(c3ccccc3)C(=O)[C@H]12. The molecule has 0 aromatic heterocycles. The first-order valence-corrected chi connectivity index (χ1v) is 12.4. The summed E-state index contributed by atoms with van der Waals surface area (Å²) in [5.41, 5.74) is 0.884. The summed E-state index contributed by atoms with van der Waals surface area (Å²) in [6.45, 7) is 1.72. The predicted octanol–water partition coefficient (Wildman–Crippen LogP) is 3.05. The lowest BCUT2D eigenvalue weighted by Gasteiger charge is -2.30. The quantitative estimate of drug-likeness (QED) is 0.532. The van der Waals surface area contributed by atoms with Crippen molar-refractivity contribution in [2.75, 3.05) is 21.7 Å². The van der Waals surface area contributed by atoms with Crippen molar-refractivity contribution >= 4 is 40.7 Å². The first kappa shape index (κ1) is 23.1. The molecule has 0 bridgehead atoms. The van der Waals surface area contributed by atoms with Gasteiger partial charge in [0.15, 0.2) is 0 Å². The topological polar surface area (TPSA) is 98.8 Å². The summed E-state index contributed by atoms with van der Waals surface area (Å²) in [5, 5.41) is 6.25. The maximum absolute atomic E-state index is 14.3. The molecule has 37 heavy (non-hydrogen) atoms. The highest BCUT2D eigenvalue weighted by molar-refractivity contribution is 6.26. The minimum atomic E-state index is -1.43. The molecule has 4 amide bonds. The van der Waals surface area contributed by atoms with Gasteiger partial charge in [-0.1, -0.05) is 61.5 Å². The molecule has 2 N–H and O–H groups in total. The highest BCUT2D eigenvalue weighted by atomic mass is 16.2. The lowest BCUT2D eigenvalue weighted by atomic mass is 9.76. The number of nitrogens with one attached hydrogen (secondary N) is 2. The van der Waals surface area contributed by atoms with Crippen molar-refractivity contribution in [1.82, 2.24) is 5.32 Å². The van der Waals surface area contributed by atoms with Crippen LogP contribution in [0, 0.1) is 11.8 Å². The van der Waals surface area contributed by atoms with E-state index in [0.717, 1.165) is 0 Å². The fourth-order valence-electron chi connectivity index (χ4n) is 6.15. The van der Waals surface area contributed by atoms with E-state index >= 15 is 0 Å². The number of hydrogen-bond acceptors (Lipinski definition) is 5. The molecule has 0 unspecified atom stereocenters. The number of hydrogen-bond donors (Lipinski definition) is 2. The van der Waals surface area contributed by atoms with Crippen molar-refractivity contribution in [3.63, 3.8) is 0 Å². The molecule has 3 heterocycles. The van der Waals surface area contributed by atoms with Crippen LogP contribution in [0.25, 0.3) is 0 Å². The third kappa shape index (κ3) is 3.33. The van der Waals surface area contributed by atoms with Gasteiger partial charge in [0.05, 0.1) is 17.5 Å². The van der Waals surface area contributed by atoms with E-state index in [4.69, 9.17) is 0 Å². The van der Waals surface area contributed by atoms with E-state index in [-0.39, 0.29) is 30.3 Å². The molecule has 3 aliphatic heterocycles. The van der Waals surface area contributed by atoms with Crippen LogP contribution < -0.4 is 20.4 Å². The Morgan fingerprint density at radius 1 is 0.892 bits per heavy atom. The molecule has 1 spiro atoms. The average Bonchev–Trinajstić information content (AvgIpc) is 3.49. The third-order valence-electron chi connectivity index (χ3n) is 7.68. The van der Waals surface area contributed by atoms with E-state index in [1.54, 1.807) is 48.5 Å². The fraction of sp³-hybridized carbons (Fsp3) is 0.241. The minimum absolute atomic E-state index is 0.215. The van der Waals surface area contributed by atoms with Gasteiger partial charge in [-0.25, -0.2) is 4.90 Å². The van der Waals surface area contributed by atoms with Crippen LogP contribution in [-0.2, 0) is 24.7 Å². The Hall–Kier alpha value is -4.30. The van der Waals surface area contributed by atoms with Gasteiger partial charge in [0.1, 0.15) is 12.1 Å². The molecule has 4 atom stereocenters. The largest absolute Gasteiger partial charge is 0.325 e. The maximum Gasteiger partial charge on any atom is 0.253 e. The normalized spacial score (nSPS) is 26.1. The van der Waals surface area contributed by atoms with Crippen LogP contribution >= 0.6 is 0 Å². The van der Waals surface area contributed by atoms with Gasteiger partial charge in [-0.05, 0) is 36.8 Å². The predicted molar refractivity (Wildman–Crippen MR) is 139 cm³/mol. The van der Waals surface area contributed by atoms with Gasteiger partial charge in [0.25, 0.3) is 5.91 Å². The van der Waals surface area contributed by atoms with Crippen molar-refractivity contribution in [1.29, 1.82) is 0 Å². The molecule has 0 radical (unpaired) electrons. The molecule has 3 aromatic rings. The Labute approximate surface area is 214 Å². The second kappa shape index (κ2) is 8.67. The Bertz CT molecular complexity index is 1410. The molecule has 0 saturated carbocycles. The number of anilines is 3. The van der Waals surface area contributed by atoms with E-state index in [2.05, 4.69) is 10.6 Å². The molecule has 8 heteroatoms. The van der Waals surface area contributed by atoms with Gasteiger partial charge >= 0.3 is 0 Å². The standard InChI is InChI=1S/C29H26N4O4/c1-2-21-24-25(27(36)33(26(24)35)19-13-7-4-8-14-19)29(31-21)20-15-9-10-16-22(20)32(28(29)37)17-23(34)30-18-11-5-3-6-12-18/h3-16,21,24-25,31H,2,17H2,1H3,(H,30,34)/t21-,24+,25+,29-/m0/s1. The van der Waals surface area contributed by atoms with Crippen LogP contribution in [-0.4, -0.2) is 36.2 Å². The number of amides is 4. The van der Waals surface area contributed by atoms with Gasteiger partial charge in [0.2, 0.25) is 17.7 Å². The summed E-state index contributed by atoms with van der Waals surface area (Å²) in [5.74, 6) is -3.05. The van der Waals surface area contributed by atoms with Crippen molar-refractivity contribution in [2.45, 2.75) is 24.9 Å². The van der Waals surface area contributed by atoms with Gasteiger partial charge < -0.3 is 10.2 Å². The lowest BCUT2D eigenvalue weighted by Crippen LogP contribution is -2.55. The van der Waals surface area contributed by atoms with E-state index < -0.39 is 23.3 Å². The Kier molecular flexibility index (Phi) is 5.42. The molecule has 3 aromatic carbocycles. The van der Waals surface area contributed by atoms with E-state index in [0.29, 0.717) is 29.0 Å². The van der Waals surface area contributed by atoms with E-state index in [1.165, 1.54) is 9.80 Å². The number of carbonyl (C=O) groups excluding carboxylic acids is 4. The Balaban J connectivity index is 1.40. The number of rotatable bonds is 5. The van der Waals surface area contributed by atoms with Crippen molar-refractivity contribution in [3.8, 4) is 0 Å². The first-order chi connectivity index (χ1) is 18.0. The smallest absolute Gasteiger partial charge is 0.253 e. The molecular weight excluding hydrogens is 468 g/mol. The Morgan fingerprint density at radius 2 is 1.54 bits per heavy atom. The molecule has 6 rings (SSSR count). The van der Waals surface area contributed by atoms with Crippen LogP contribution in [0.1, 0.15) is 18.9 Å². The summed E-state index contributed by atoms with van der Waals surface area (Å²) in [6, 6.07) is 24.7. The number of para-hydroxylation sites is 3. The maximum atomic E-state index is 14.3. The number of benzene rings is 3. The number of carbonyl (C=O) groups is 4. The molecule has 186 valence electrons. The van der Waals surface area contributed by atoms with Crippen molar-refractivity contribution < 1.29 is 19.2 Å². The van der Waals surface area contributed by atoms with Gasteiger partial charge in [-0.15, -0.1) is 0 Å². The van der Waals surface area contributed by atoms with E-state index in [1.807, 2.05) is 43.3 Å². The molecule has 2 saturated heterocycles. The van der Waals surface area contributed by atoms with Crippen LogP contribution in [0.3, 0.4) is 0 Å². The molecule has 0 aliphatic carbocycles. The summed E-state index contributed by atoms with van der Waals surface area (Å²) in [6.07, 6.45) is 0.564. The van der Waals surface area contributed by atoms with Crippen molar-refractivity contribution in [2.24, 2.45) is 11.8 Å². The van der Waals surface area contributed by atoms with Crippen LogP contribution in [0.4, 0.5) is 17.1 Å². The van der Waals surface area contributed by atoms with Gasteiger partial charge in [-0.3, -0.25) is 24.5 Å². The van der Waals surface area contributed by atoms with E-state index in [9.17, 15) is 19.2 Å². The third-order valence-corrected chi connectivity index (χ3v) is 7.68. The lowest BCUT2D eigenvalue weighted by molar-refractivity contribution is -0.132. The molecule has 3 aliphatic rings. The minimum Gasteiger partial charge on any atom is -0.325 e. The highest BCUT2D eigenvalue weighted by Crippen LogP contribution is 2.55. The van der Waals surface area contributed by atoms with Crippen LogP contribution in [0.5, 0.6) is 0 Å². The van der Waals surface area contributed by atoms with Crippen LogP contribution in [0.2, 0.25) is 0 Å². The zero-order chi connectivity index (χ0) is 25.7. The average molecular weight is 495 g/mol. The summed E-state index contributed by atoms with van der Waals surface area (Å²) in [7, 11) is 0. The summed E-state index contributed by atoms with van der Waals surface area (Å²) < 4.78 is 0.